The average Bonchev–Trinajstić information content (AvgIpc) is 2.87. The summed E-state index contributed by atoms with van der Waals surface area (Å²) < 4.78 is 1.76. The van der Waals surface area contributed by atoms with Crippen LogP contribution < -0.4 is 5.32 Å². The Balaban J connectivity index is 1.65. The van der Waals surface area contributed by atoms with Crippen LogP contribution in [0.5, 0.6) is 0 Å². The Kier molecular flexibility index (Phi) is 3.65. The highest BCUT2D eigenvalue weighted by Gasteiger charge is 2.22. The molecule has 0 aliphatic carbocycles. The molecule has 2 aromatic heterocycles. The van der Waals surface area contributed by atoms with Gasteiger partial charge in [-0.1, -0.05) is 12.2 Å². The molecule has 1 N–H and O–H groups in total. The van der Waals surface area contributed by atoms with Gasteiger partial charge in [0.1, 0.15) is 0 Å². The summed E-state index contributed by atoms with van der Waals surface area (Å²) in [6, 6.07) is 3.97. The maximum absolute atomic E-state index is 11.9. The van der Waals surface area contributed by atoms with E-state index in [0.29, 0.717) is 12.1 Å². The maximum Gasteiger partial charge on any atom is 0.254 e. The lowest BCUT2D eigenvalue weighted by Gasteiger charge is -2.14. The van der Waals surface area contributed by atoms with E-state index < -0.39 is 0 Å². The summed E-state index contributed by atoms with van der Waals surface area (Å²) in [5, 5.41) is 7.18. The molecule has 118 valence electrons. The smallest absolute Gasteiger partial charge is 0.254 e. The van der Waals surface area contributed by atoms with Gasteiger partial charge < -0.3 is 5.32 Å². The fraction of sp³-hybridized carbons (Fsp3) is 0.167. The molecule has 6 heteroatoms. The Bertz CT molecular complexity index is 929. The Morgan fingerprint density at radius 3 is 3.29 bits per heavy atom. The lowest BCUT2D eigenvalue weighted by atomic mass is 10.1. The molecular weight excluding hydrogens is 302 g/mol. The molecule has 2 aromatic rings. The monoisotopic (exact) mass is 317 g/mol. The number of amides is 1. The van der Waals surface area contributed by atoms with Gasteiger partial charge in [-0.05, 0) is 41.6 Å². The Labute approximate surface area is 138 Å². The van der Waals surface area contributed by atoms with Crippen molar-refractivity contribution in [3.05, 3.63) is 71.3 Å². The van der Waals surface area contributed by atoms with Crippen molar-refractivity contribution in [3.63, 3.8) is 0 Å². The van der Waals surface area contributed by atoms with E-state index in [9.17, 15) is 4.79 Å². The number of carbonyl (C=O) groups excluding carboxylic acids is 1. The van der Waals surface area contributed by atoms with Gasteiger partial charge in [-0.15, -0.1) is 0 Å². The van der Waals surface area contributed by atoms with E-state index in [1.165, 1.54) is 0 Å². The number of aromatic nitrogens is 3. The Morgan fingerprint density at radius 2 is 2.33 bits per heavy atom. The molecule has 0 aromatic carbocycles. The minimum atomic E-state index is -0.0715. The molecule has 2 aliphatic rings. The highest BCUT2D eigenvalue weighted by Crippen LogP contribution is 2.19. The third-order valence-electron chi connectivity index (χ3n) is 3.98. The third-order valence-corrected chi connectivity index (χ3v) is 3.98. The lowest BCUT2D eigenvalue weighted by molar-refractivity contribution is 0.0945. The molecule has 0 radical (unpaired) electrons. The van der Waals surface area contributed by atoms with E-state index in [4.69, 9.17) is 0 Å². The summed E-state index contributed by atoms with van der Waals surface area (Å²) in [5.41, 5.74) is 3.74. The van der Waals surface area contributed by atoms with Crippen LogP contribution in [0.2, 0.25) is 0 Å². The van der Waals surface area contributed by atoms with Crippen molar-refractivity contribution < 1.29 is 4.79 Å². The molecule has 6 nitrogen and oxygen atoms in total. The van der Waals surface area contributed by atoms with Crippen LogP contribution in [0.25, 0.3) is 5.82 Å². The van der Waals surface area contributed by atoms with Gasteiger partial charge in [0.15, 0.2) is 5.82 Å². The number of pyridine rings is 1. The zero-order valence-electron chi connectivity index (χ0n) is 12.9. The van der Waals surface area contributed by atoms with Crippen LogP contribution in [0.4, 0.5) is 0 Å². The van der Waals surface area contributed by atoms with Crippen molar-refractivity contribution in [2.45, 2.75) is 12.8 Å². The minimum absolute atomic E-state index is 0.0715. The van der Waals surface area contributed by atoms with E-state index in [-0.39, 0.29) is 5.91 Å². The first-order valence-electron chi connectivity index (χ1n) is 7.76. The summed E-state index contributed by atoms with van der Waals surface area (Å²) >= 11 is 0. The van der Waals surface area contributed by atoms with Gasteiger partial charge in [0.25, 0.3) is 5.91 Å². The van der Waals surface area contributed by atoms with Crippen molar-refractivity contribution in [1.82, 2.24) is 20.1 Å². The summed E-state index contributed by atoms with van der Waals surface area (Å²) in [6.07, 6.45) is 12.4. The number of aliphatic imine (C=N–C) groups is 1. The van der Waals surface area contributed by atoms with Crippen molar-refractivity contribution in [2.24, 2.45) is 4.99 Å². The number of nitrogens with zero attached hydrogens (tertiary/aromatic N) is 4. The molecular formula is C18H15N5O. The van der Waals surface area contributed by atoms with Crippen LogP contribution in [0, 0.1) is 0 Å². The standard InChI is InChI=1S/C18H15N5O/c24-18-15-12-22-23(16(15)5-8-21-18)17-10-13(4-7-20-17)9-14-3-1-2-6-19-11-14/h1-4,7,10-12H,5,8-9H2,(H,21,24). The van der Waals surface area contributed by atoms with Crippen LogP contribution in [-0.2, 0) is 12.8 Å². The predicted molar refractivity (Wildman–Crippen MR) is 90.3 cm³/mol. The number of fused-ring (bicyclic) bond motifs is 1. The molecule has 0 unspecified atom stereocenters. The summed E-state index contributed by atoms with van der Waals surface area (Å²) in [6.45, 7) is 0.625. The van der Waals surface area contributed by atoms with Crippen molar-refractivity contribution >= 4 is 11.8 Å². The number of rotatable bonds is 3. The maximum atomic E-state index is 11.9. The molecule has 1 amide bonds. The first kappa shape index (κ1) is 14.4. The second-order valence-corrected chi connectivity index (χ2v) is 5.61. The Hall–Kier alpha value is -3.24. The number of hydrogen-bond acceptors (Lipinski definition) is 4. The van der Waals surface area contributed by atoms with E-state index in [1.807, 2.05) is 24.3 Å². The third kappa shape index (κ3) is 2.71. The first-order valence-corrected chi connectivity index (χ1v) is 7.76. The molecule has 4 rings (SSSR count). The topological polar surface area (TPSA) is 72.2 Å². The van der Waals surface area contributed by atoms with Crippen molar-refractivity contribution in [2.75, 3.05) is 6.54 Å². The quantitative estimate of drug-likeness (QED) is 0.938. The zero-order chi connectivity index (χ0) is 16.4. The van der Waals surface area contributed by atoms with Crippen LogP contribution in [0.15, 0.2) is 59.5 Å². The highest BCUT2D eigenvalue weighted by molar-refractivity contribution is 5.96. The SMILES string of the molecule is O=C1NCCc2c1cnn2-c1cc(CC2=CN=C=CC=C2)ccn1. The molecule has 0 saturated carbocycles. The van der Waals surface area contributed by atoms with E-state index >= 15 is 0 Å². The Morgan fingerprint density at radius 1 is 1.38 bits per heavy atom. The largest absolute Gasteiger partial charge is 0.352 e. The number of hydrogen-bond donors (Lipinski definition) is 1. The van der Waals surface area contributed by atoms with Crippen LogP contribution in [0.1, 0.15) is 21.6 Å². The molecule has 2 aliphatic heterocycles. The molecule has 0 atom stereocenters. The molecule has 24 heavy (non-hydrogen) atoms. The van der Waals surface area contributed by atoms with Crippen LogP contribution >= 0.6 is 0 Å². The number of nitrogens with one attached hydrogen (secondary N) is 1. The van der Waals surface area contributed by atoms with Gasteiger partial charge >= 0.3 is 0 Å². The van der Waals surface area contributed by atoms with Gasteiger partial charge in [0.05, 0.1) is 17.5 Å². The molecule has 0 saturated heterocycles. The van der Waals surface area contributed by atoms with Gasteiger partial charge in [-0.25, -0.2) is 14.7 Å². The first-order chi connectivity index (χ1) is 11.8. The lowest BCUT2D eigenvalue weighted by Crippen LogP contribution is -2.32. The normalized spacial score (nSPS) is 15.7. The summed E-state index contributed by atoms with van der Waals surface area (Å²) in [5.74, 6) is 3.46. The molecule has 0 fully saturated rings. The molecule has 4 heterocycles. The fourth-order valence-corrected chi connectivity index (χ4v) is 2.84. The highest BCUT2D eigenvalue weighted by atomic mass is 16.1. The second-order valence-electron chi connectivity index (χ2n) is 5.61. The zero-order valence-corrected chi connectivity index (χ0v) is 12.9. The second kappa shape index (κ2) is 6.10. The predicted octanol–water partition coefficient (Wildman–Crippen LogP) is 1.78. The molecule has 0 bridgehead atoms. The fourth-order valence-electron chi connectivity index (χ4n) is 2.84. The van der Waals surface area contributed by atoms with Gasteiger partial charge in [0, 0.05) is 25.4 Å². The van der Waals surface area contributed by atoms with Gasteiger partial charge in [0.2, 0.25) is 0 Å². The number of allylic oxidation sites excluding steroid dienone is 4. The number of carbonyl (C=O) groups is 1. The van der Waals surface area contributed by atoms with E-state index in [0.717, 1.165) is 35.5 Å². The average molecular weight is 317 g/mol. The summed E-state index contributed by atoms with van der Waals surface area (Å²) in [4.78, 5) is 20.4. The van der Waals surface area contributed by atoms with E-state index in [1.54, 1.807) is 29.4 Å². The van der Waals surface area contributed by atoms with Crippen molar-refractivity contribution in [3.8, 4) is 5.82 Å². The van der Waals surface area contributed by atoms with Gasteiger partial charge in [-0.2, -0.15) is 5.10 Å². The van der Waals surface area contributed by atoms with Crippen LogP contribution in [-0.4, -0.2) is 33.1 Å². The molecule has 0 spiro atoms. The van der Waals surface area contributed by atoms with Crippen molar-refractivity contribution in [1.29, 1.82) is 0 Å². The van der Waals surface area contributed by atoms with E-state index in [2.05, 4.69) is 26.3 Å². The van der Waals surface area contributed by atoms with Gasteiger partial charge in [-0.3, -0.25) is 4.79 Å². The summed E-state index contributed by atoms with van der Waals surface area (Å²) in [7, 11) is 0. The minimum Gasteiger partial charge on any atom is -0.352 e. The van der Waals surface area contributed by atoms with Crippen LogP contribution in [0.3, 0.4) is 0 Å².